The zero-order valence-electron chi connectivity index (χ0n) is 8.88. The predicted octanol–water partition coefficient (Wildman–Crippen LogP) is -0.767. The van der Waals surface area contributed by atoms with Gasteiger partial charge in [0, 0.05) is 4.88 Å². The van der Waals surface area contributed by atoms with Crippen molar-refractivity contribution in [2.45, 2.75) is 6.04 Å². The molecule has 17 heavy (non-hydrogen) atoms. The number of imide groups is 1. The van der Waals surface area contributed by atoms with E-state index in [1.165, 1.54) is 16.2 Å². The Morgan fingerprint density at radius 2 is 2.06 bits per heavy atom. The summed E-state index contributed by atoms with van der Waals surface area (Å²) >= 11 is 1.37. The quantitative estimate of drug-likeness (QED) is 0.677. The van der Waals surface area contributed by atoms with E-state index in [0.717, 1.165) is 0 Å². The monoisotopic (exact) mass is 253 g/mol. The van der Waals surface area contributed by atoms with E-state index in [1.54, 1.807) is 12.1 Å². The van der Waals surface area contributed by atoms with Gasteiger partial charge in [0.1, 0.15) is 19.1 Å². The lowest BCUT2D eigenvalue weighted by molar-refractivity contribution is -0.146. The van der Waals surface area contributed by atoms with Crippen LogP contribution in [0, 0.1) is 0 Å². The van der Waals surface area contributed by atoms with Gasteiger partial charge in [-0.05, 0) is 11.4 Å². The molecule has 2 heterocycles. The van der Waals surface area contributed by atoms with Crippen LogP contribution in [0.15, 0.2) is 17.5 Å². The molecule has 0 radical (unpaired) electrons. The highest BCUT2D eigenvalue weighted by Crippen LogP contribution is 2.19. The summed E-state index contributed by atoms with van der Waals surface area (Å²) in [6, 6.07) is 2.73. The van der Waals surface area contributed by atoms with E-state index in [4.69, 9.17) is 5.73 Å². The Morgan fingerprint density at radius 3 is 2.59 bits per heavy atom. The van der Waals surface area contributed by atoms with Gasteiger partial charge in [0.05, 0.1) is 0 Å². The Morgan fingerprint density at radius 1 is 1.41 bits per heavy atom. The average molecular weight is 253 g/mol. The zero-order valence-corrected chi connectivity index (χ0v) is 9.70. The Balaban J connectivity index is 2.09. The molecule has 2 rings (SSSR count). The molecule has 1 aliphatic rings. The van der Waals surface area contributed by atoms with E-state index in [0.29, 0.717) is 4.88 Å². The highest BCUT2D eigenvalue weighted by Gasteiger charge is 2.30. The van der Waals surface area contributed by atoms with E-state index < -0.39 is 23.8 Å². The van der Waals surface area contributed by atoms with Gasteiger partial charge in [-0.15, -0.1) is 11.3 Å². The number of amides is 3. The summed E-state index contributed by atoms with van der Waals surface area (Å²) in [5.41, 5.74) is 5.78. The standard InChI is InChI=1S/C10H11N3O3S/c11-9(6-2-1-3-17-6)10(16)13-4-7(14)12-8(15)5-13/h1-3,9H,4-5,11H2,(H,12,14,15). The van der Waals surface area contributed by atoms with Gasteiger partial charge in [-0.2, -0.15) is 0 Å². The molecule has 6 nitrogen and oxygen atoms in total. The lowest BCUT2D eigenvalue weighted by Gasteiger charge is -2.27. The van der Waals surface area contributed by atoms with Crippen LogP contribution in [-0.4, -0.2) is 35.7 Å². The van der Waals surface area contributed by atoms with Crippen molar-refractivity contribution in [3.8, 4) is 0 Å². The van der Waals surface area contributed by atoms with Gasteiger partial charge in [0.15, 0.2) is 0 Å². The molecule has 1 unspecified atom stereocenters. The van der Waals surface area contributed by atoms with Gasteiger partial charge >= 0.3 is 0 Å². The number of nitrogens with zero attached hydrogens (tertiary/aromatic N) is 1. The normalized spacial score (nSPS) is 17.8. The third kappa shape index (κ3) is 2.51. The molecule has 0 aliphatic carbocycles. The van der Waals surface area contributed by atoms with Crippen molar-refractivity contribution in [2.75, 3.05) is 13.1 Å². The lowest BCUT2D eigenvalue weighted by atomic mass is 10.2. The number of rotatable bonds is 2. The van der Waals surface area contributed by atoms with Crippen molar-refractivity contribution in [1.82, 2.24) is 10.2 Å². The number of nitrogens with one attached hydrogen (secondary N) is 1. The number of carbonyl (C=O) groups excluding carboxylic acids is 3. The molecular weight excluding hydrogens is 242 g/mol. The fourth-order valence-electron chi connectivity index (χ4n) is 1.58. The SMILES string of the molecule is NC(C(=O)N1CC(=O)NC(=O)C1)c1cccs1. The third-order valence-electron chi connectivity index (χ3n) is 2.38. The molecule has 1 fully saturated rings. The first kappa shape index (κ1) is 11.7. The molecule has 1 atom stereocenters. The highest BCUT2D eigenvalue weighted by molar-refractivity contribution is 7.10. The fourth-order valence-corrected chi connectivity index (χ4v) is 2.30. The minimum absolute atomic E-state index is 0.121. The summed E-state index contributed by atoms with van der Waals surface area (Å²) < 4.78 is 0. The van der Waals surface area contributed by atoms with Crippen LogP contribution >= 0.6 is 11.3 Å². The van der Waals surface area contributed by atoms with Crippen LogP contribution in [0.1, 0.15) is 10.9 Å². The maximum Gasteiger partial charge on any atom is 0.246 e. The fraction of sp³-hybridized carbons (Fsp3) is 0.300. The van der Waals surface area contributed by atoms with Crippen LogP contribution < -0.4 is 11.1 Å². The molecule has 1 aromatic rings. The van der Waals surface area contributed by atoms with Gasteiger partial charge in [0.2, 0.25) is 17.7 Å². The van der Waals surface area contributed by atoms with Crippen molar-refractivity contribution in [1.29, 1.82) is 0 Å². The van der Waals surface area contributed by atoms with E-state index in [1.807, 2.05) is 5.38 Å². The maximum absolute atomic E-state index is 12.0. The summed E-state index contributed by atoms with van der Waals surface area (Å²) in [4.78, 5) is 36.1. The summed E-state index contributed by atoms with van der Waals surface area (Å²) in [5, 5.41) is 3.94. The van der Waals surface area contributed by atoms with Crippen LogP contribution in [-0.2, 0) is 14.4 Å². The molecule has 0 spiro atoms. The minimum atomic E-state index is -0.811. The van der Waals surface area contributed by atoms with E-state index >= 15 is 0 Å². The first-order valence-corrected chi connectivity index (χ1v) is 5.86. The van der Waals surface area contributed by atoms with E-state index in [9.17, 15) is 14.4 Å². The van der Waals surface area contributed by atoms with Gasteiger partial charge in [-0.25, -0.2) is 0 Å². The molecule has 1 aromatic heterocycles. The van der Waals surface area contributed by atoms with E-state index in [2.05, 4.69) is 5.32 Å². The number of hydrogen-bond acceptors (Lipinski definition) is 5. The molecular formula is C10H11N3O3S. The molecule has 0 aromatic carbocycles. The summed E-state index contributed by atoms with van der Waals surface area (Å²) in [6.07, 6.45) is 0. The topological polar surface area (TPSA) is 92.5 Å². The molecule has 90 valence electrons. The van der Waals surface area contributed by atoms with Crippen molar-refractivity contribution < 1.29 is 14.4 Å². The lowest BCUT2D eigenvalue weighted by Crippen LogP contribution is -2.55. The number of thiophene rings is 1. The summed E-state index contributed by atoms with van der Waals surface area (Å²) in [7, 11) is 0. The predicted molar refractivity (Wildman–Crippen MR) is 61.0 cm³/mol. The second kappa shape index (κ2) is 4.64. The number of carbonyl (C=O) groups is 3. The van der Waals surface area contributed by atoms with Gasteiger partial charge in [-0.1, -0.05) is 6.07 Å². The second-order valence-corrected chi connectivity index (χ2v) is 4.64. The molecule has 0 saturated carbocycles. The van der Waals surface area contributed by atoms with Crippen molar-refractivity contribution in [3.63, 3.8) is 0 Å². The second-order valence-electron chi connectivity index (χ2n) is 3.66. The van der Waals surface area contributed by atoms with Crippen molar-refractivity contribution in [3.05, 3.63) is 22.4 Å². The van der Waals surface area contributed by atoms with Crippen LogP contribution in [0.25, 0.3) is 0 Å². The van der Waals surface area contributed by atoms with Gasteiger partial charge in [-0.3, -0.25) is 19.7 Å². The highest BCUT2D eigenvalue weighted by atomic mass is 32.1. The van der Waals surface area contributed by atoms with Gasteiger partial charge < -0.3 is 10.6 Å². The largest absolute Gasteiger partial charge is 0.322 e. The molecule has 0 bridgehead atoms. The minimum Gasteiger partial charge on any atom is -0.322 e. The number of piperazine rings is 1. The molecule has 3 amide bonds. The molecule has 7 heteroatoms. The number of hydrogen-bond donors (Lipinski definition) is 2. The smallest absolute Gasteiger partial charge is 0.246 e. The Kier molecular flexibility index (Phi) is 3.21. The van der Waals surface area contributed by atoms with Crippen LogP contribution in [0.4, 0.5) is 0 Å². The number of nitrogens with two attached hydrogens (primary N) is 1. The summed E-state index contributed by atoms with van der Waals surface area (Å²) in [6.45, 7) is -0.243. The molecule has 1 aliphatic heterocycles. The summed E-state index contributed by atoms with van der Waals surface area (Å²) in [5.74, 6) is -1.36. The molecule has 1 saturated heterocycles. The average Bonchev–Trinajstić information content (AvgIpc) is 2.79. The van der Waals surface area contributed by atoms with Crippen LogP contribution in [0.5, 0.6) is 0 Å². The van der Waals surface area contributed by atoms with Crippen LogP contribution in [0.2, 0.25) is 0 Å². The Hall–Kier alpha value is -1.73. The zero-order chi connectivity index (χ0) is 12.4. The van der Waals surface area contributed by atoms with Crippen LogP contribution in [0.3, 0.4) is 0 Å². The maximum atomic E-state index is 12.0. The first-order chi connectivity index (χ1) is 8.08. The van der Waals surface area contributed by atoms with Crippen molar-refractivity contribution in [2.24, 2.45) is 5.73 Å². The van der Waals surface area contributed by atoms with Crippen molar-refractivity contribution >= 4 is 29.1 Å². The van der Waals surface area contributed by atoms with Gasteiger partial charge in [0.25, 0.3) is 0 Å². The molecule has 3 N–H and O–H groups in total. The third-order valence-corrected chi connectivity index (χ3v) is 3.33. The Bertz CT molecular complexity index is 441. The Labute approximate surface area is 101 Å². The van der Waals surface area contributed by atoms with E-state index in [-0.39, 0.29) is 13.1 Å². The first-order valence-electron chi connectivity index (χ1n) is 4.98.